The summed E-state index contributed by atoms with van der Waals surface area (Å²) < 4.78 is 41.1. The van der Waals surface area contributed by atoms with E-state index in [9.17, 15) is 13.2 Å². The van der Waals surface area contributed by atoms with E-state index >= 15 is 0 Å². The normalized spacial score (nSPS) is 17.0. The van der Waals surface area contributed by atoms with Crippen LogP contribution in [0.5, 0.6) is 0 Å². The molecule has 2 aromatic rings. The van der Waals surface area contributed by atoms with E-state index in [2.05, 4.69) is 25.7 Å². The molecule has 0 spiro atoms. The van der Waals surface area contributed by atoms with Gasteiger partial charge >= 0.3 is 6.18 Å². The fourth-order valence-corrected chi connectivity index (χ4v) is 3.76. The Bertz CT molecular complexity index is 821. The van der Waals surface area contributed by atoms with Crippen LogP contribution in [0.1, 0.15) is 42.6 Å². The average Bonchev–Trinajstić information content (AvgIpc) is 3.31. The van der Waals surface area contributed by atoms with Gasteiger partial charge in [-0.15, -0.1) is 0 Å². The van der Waals surface area contributed by atoms with E-state index in [1.165, 1.54) is 18.5 Å². The number of rotatable bonds is 5. The maximum absolute atomic E-state index is 13.2. The molecule has 9 heteroatoms. The van der Waals surface area contributed by atoms with Crippen LogP contribution in [0.2, 0.25) is 0 Å². The first-order valence-corrected chi connectivity index (χ1v) is 9.29. The van der Waals surface area contributed by atoms with Crippen LogP contribution in [-0.4, -0.2) is 34.3 Å². The third-order valence-corrected chi connectivity index (χ3v) is 5.40. The number of benzene rings is 1. The predicted octanol–water partition coefficient (Wildman–Crippen LogP) is 3.01. The fraction of sp³-hybridized carbons (Fsp3) is 0.526. The second kappa shape index (κ2) is 8.20. The smallest absolute Gasteiger partial charge is 0.356 e. The molecule has 1 aliphatic carbocycles. The first-order chi connectivity index (χ1) is 13.3. The minimum atomic E-state index is -4.34. The molecule has 1 aliphatic rings. The Kier molecular flexibility index (Phi) is 5.90. The number of aryl methyl sites for hydroxylation is 1. The second-order valence-electron chi connectivity index (χ2n) is 7.15. The van der Waals surface area contributed by atoms with Crippen molar-refractivity contribution < 1.29 is 13.2 Å². The van der Waals surface area contributed by atoms with Gasteiger partial charge in [0.05, 0.1) is 12.1 Å². The summed E-state index contributed by atoms with van der Waals surface area (Å²) in [4.78, 5) is 8.37. The van der Waals surface area contributed by atoms with E-state index in [0.717, 1.165) is 43.1 Å². The zero-order valence-electron chi connectivity index (χ0n) is 16.1. The molecule has 0 atom stereocenters. The van der Waals surface area contributed by atoms with Crippen molar-refractivity contribution in [3.8, 4) is 0 Å². The summed E-state index contributed by atoms with van der Waals surface area (Å²) >= 11 is 0. The molecule has 0 radical (unpaired) electrons. The minimum absolute atomic E-state index is 0.330. The van der Waals surface area contributed by atoms with Gasteiger partial charge in [-0.05, 0) is 24.5 Å². The summed E-state index contributed by atoms with van der Waals surface area (Å²) in [6, 6.07) is 5.72. The Morgan fingerprint density at radius 1 is 1.25 bits per heavy atom. The van der Waals surface area contributed by atoms with Gasteiger partial charge in [0.25, 0.3) is 0 Å². The Morgan fingerprint density at radius 3 is 2.61 bits per heavy atom. The number of halogens is 3. The van der Waals surface area contributed by atoms with E-state index in [1.807, 2.05) is 0 Å². The first kappa shape index (κ1) is 20.2. The molecule has 1 fully saturated rings. The van der Waals surface area contributed by atoms with Crippen molar-refractivity contribution in [2.75, 3.05) is 13.6 Å². The lowest BCUT2D eigenvalue weighted by Crippen LogP contribution is -2.44. The summed E-state index contributed by atoms with van der Waals surface area (Å²) in [6.07, 6.45) is 0.847. The van der Waals surface area contributed by atoms with Gasteiger partial charge in [-0.3, -0.25) is 9.67 Å². The van der Waals surface area contributed by atoms with E-state index in [4.69, 9.17) is 0 Å². The number of hydrogen-bond acceptors (Lipinski definition) is 3. The highest BCUT2D eigenvalue weighted by Gasteiger charge is 2.38. The molecule has 0 unspecified atom stereocenters. The molecule has 1 aromatic heterocycles. The summed E-state index contributed by atoms with van der Waals surface area (Å²) in [7, 11) is 3.47. The van der Waals surface area contributed by atoms with Crippen LogP contribution >= 0.6 is 0 Å². The van der Waals surface area contributed by atoms with Gasteiger partial charge in [0.2, 0.25) is 0 Å². The van der Waals surface area contributed by atoms with Crippen LogP contribution in [0.3, 0.4) is 0 Å². The standard InChI is InChI=1S/C19H25F3N6/c1-23-17(24-11-16-26-13-27-28(16)2)25-12-18(8-3-4-9-18)14-6-5-7-15(10-14)19(20,21)22/h5-7,10,13H,3-4,8-9,11-12H2,1-2H3,(H2,23,24,25). The highest BCUT2D eigenvalue weighted by molar-refractivity contribution is 5.79. The Labute approximate surface area is 162 Å². The molecule has 0 aliphatic heterocycles. The summed E-state index contributed by atoms with van der Waals surface area (Å²) in [5.41, 5.74) is -0.193. The summed E-state index contributed by atoms with van der Waals surface area (Å²) in [5, 5.41) is 10.5. The average molecular weight is 394 g/mol. The Morgan fingerprint density at radius 2 is 2.00 bits per heavy atom. The SMILES string of the molecule is CN=C(NCc1ncnn1C)NCC1(c2cccc(C(F)(F)F)c2)CCCC1. The van der Waals surface area contributed by atoms with Gasteiger partial charge in [0, 0.05) is 26.1 Å². The number of nitrogens with zero attached hydrogens (tertiary/aromatic N) is 4. The maximum Gasteiger partial charge on any atom is 0.416 e. The van der Waals surface area contributed by atoms with Crippen LogP contribution in [0, 0.1) is 0 Å². The third kappa shape index (κ3) is 4.45. The van der Waals surface area contributed by atoms with Gasteiger partial charge in [0.15, 0.2) is 5.96 Å². The number of aromatic nitrogens is 3. The molecule has 3 rings (SSSR count). The van der Waals surface area contributed by atoms with Gasteiger partial charge < -0.3 is 10.6 Å². The quantitative estimate of drug-likeness (QED) is 0.604. The zero-order chi connectivity index (χ0) is 20.2. The highest BCUT2D eigenvalue weighted by atomic mass is 19.4. The largest absolute Gasteiger partial charge is 0.416 e. The third-order valence-electron chi connectivity index (χ3n) is 5.40. The number of alkyl halides is 3. The number of guanidine groups is 1. The van der Waals surface area contributed by atoms with Crippen molar-refractivity contribution in [2.45, 2.75) is 43.8 Å². The van der Waals surface area contributed by atoms with Crippen molar-refractivity contribution in [2.24, 2.45) is 12.0 Å². The predicted molar refractivity (Wildman–Crippen MR) is 101 cm³/mol. The molecular formula is C19H25F3N6. The van der Waals surface area contributed by atoms with Crippen LogP contribution in [-0.2, 0) is 25.2 Å². The van der Waals surface area contributed by atoms with E-state index in [-0.39, 0.29) is 5.41 Å². The number of hydrogen-bond donors (Lipinski definition) is 2. The van der Waals surface area contributed by atoms with Crippen LogP contribution in [0.25, 0.3) is 0 Å². The molecule has 6 nitrogen and oxygen atoms in total. The fourth-order valence-electron chi connectivity index (χ4n) is 3.76. The van der Waals surface area contributed by atoms with Gasteiger partial charge in [0.1, 0.15) is 12.2 Å². The molecule has 1 saturated carbocycles. The molecule has 0 amide bonds. The molecular weight excluding hydrogens is 369 g/mol. The van der Waals surface area contributed by atoms with Crippen molar-refractivity contribution in [3.05, 3.63) is 47.5 Å². The van der Waals surface area contributed by atoms with Crippen LogP contribution < -0.4 is 10.6 Å². The Hall–Kier alpha value is -2.58. The lowest BCUT2D eigenvalue weighted by molar-refractivity contribution is -0.137. The molecule has 1 aromatic carbocycles. The topological polar surface area (TPSA) is 67.1 Å². The first-order valence-electron chi connectivity index (χ1n) is 9.29. The molecule has 152 valence electrons. The maximum atomic E-state index is 13.2. The summed E-state index contributed by atoms with van der Waals surface area (Å²) in [6.45, 7) is 0.972. The summed E-state index contributed by atoms with van der Waals surface area (Å²) in [5.74, 6) is 1.35. The lowest BCUT2D eigenvalue weighted by atomic mass is 9.78. The van der Waals surface area contributed by atoms with Crippen molar-refractivity contribution in [1.82, 2.24) is 25.4 Å². The van der Waals surface area contributed by atoms with E-state index in [1.54, 1.807) is 24.8 Å². The van der Waals surface area contributed by atoms with Gasteiger partial charge in [-0.1, -0.05) is 31.0 Å². The lowest BCUT2D eigenvalue weighted by Gasteiger charge is -2.31. The molecule has 0 saturated heterocycles. The van der Waals surface area contributed by atoms with Crippen LogP contribution in [0.4, 0.5) is 13.2 Å². The number of aliphatic imine (C=N–C) groups is 1. The van der Waals surface area contributed by atoms with Gasteiger partial charge in [-0.25, -0.2) is 4.98 Å². The number of nitrogens with one attached hydrogen (secondary N) is 2. The van der Waals surface area contributed by atoms with Crippen molar-refractivity contribution in [3.63, 3.8) is 0 Å². The molecule has 28 heavy (non-hydrogen) atoms. The monoisotopic (exact) mass is 394 g/mol. The Balaban J connectivity index is 1.71. The van der Waals surface area contributed by atoms with E-state index < -0.39 is 11.7 Å². The highest BCUT2D eigenvalue weighted by Crippen LogP contribution is 2.42. The van der Waals surface area contributed by atoms with E-state index in [0.29, 0.717) is 19.0 Å². The van der Waals surface area contributed by atoms with Crippen molar-refractivity contribution >= 4 is 5.96 Å². The molecule has 1 heterocycles. The second-order valence-corrected chi connectivity index (χ2v) is 7.15. The van der Waals surface area contributed by atoms with Crippen LogP contribution in [0.15, 0.2) is 35.6 Å². The molecule has 0 bridgehead atoms. The van der Waals surface area contributed by atoms with Gasteiger partial charge in [-0.2, -0.15) is 18.3 Å². The van der Waals surface area contributed by atoms with Crippen molar-refractivity contribution in [1.29, 1.82) is 0 Å². The molecule has 2 N–H and O–H groups in total. The zero-order valence-corrected chi connectivity index (χ0v) is 16.1. The minimum Gasteiger partial charge on any atom is -0.356 e.